The maximum absolute atomic E-state index is 5.81. The van der Waals surface area contributed by atoms with E-state index in [1.54, 1.807) is 0 Å². The van der Waals surface area contributed by atoms with Crippen LogP contribution in [0.25, 0.3) is 0 Å². The summed E-state index contributed by atoms with van der Waals surface area (Å²) >= 11 is 3.50. The Labute approximate surface area is 106 Å². The summed E-state index contributed by atoms with van der Waals surface area (Å²) in [5.41, 5.74) is 8.37. The molecular formula is C13H19BrN2. The normalized spacial score (nSPS) is 20.4. The summed E-state index contributed by atoms with van der Waals surface area (Å²) in [5.74, 6) is 0.856. The third-order valence-corrected chi connectivity index (χ3v) is 3.96. The summed E-state index contributed by atoms with van der Waals surface area (Å²) in [4.78, 5) is 2.48. The first-order valence-corrected chi connectivity index (χ1v) is 6.77. The predicted octanol–water partition coefficient (Wildman–Crippen LogP) is 3.14. The van der Waals surface area contributed by atoms with Crippen molar-refractivity contribution >= 4 is 21.6 Å². The van der Waals surface area contributed by atoms with Crippen molar-refractivity contribution in [3.63, 3.8) is 0 Å². The van der Waals surface area contributed by atoms with Crippen LogP contribution < -0.4 is 10.6 Å². The summed E-state index contributed by atoms with van der Waals surface area (Å²) in [6.45, 7) is 5.25. The van der Waals surface area contributed by atoms with Crippen molar-refractivity contribution in [3.8, 4) is 0 Å². The van der Waals surface area contributed by atoms with Crippen LogP contribution >= 0.6 is 15.9 Å². The molecule has 16 heavy (non-hydrogen) atoms. The van der Waals surface area contributed by atoms with Gasteiger partial charge in [0.1, 0.15) is 0 Å². The number of nitrogens with zero attached hydrogens (tertiary/aromatic N) is 1. The van der Waals surface area contributed by atoms with Gasteiger partial charge in [-0.05, 0) is 36.1 Å². The molecule has 1 aliphatic rings. The third kappa shape index (κ3) is 2.41. The van der Waals surface area contributed by atoms with Crippen LogP contribution in [0.5, 0.6) is 0 Å². The summed E-state index contributed by atoms with van der Waals surface area (Å²) < 4.78 is 1.11. The van der Waals surface area contributed by atoms with E-state index in [1.165, 1.54) is 37.2 Å². The Hall–Kier alpha value is -0.540. The Bertz CT molecular complexity index is 365. The van der Waals surface area contributed by atoms with Gasteiger partial charge in [0.25, 0.3) is 0 Å². The molecule has 1 fully saturated rings. The molecular weight excluding hydrogens is 264 g/mol. The van der Waals surface area contributed by atoms with Crippen LogP contribution in [0.4, 0.5) is 5.69 Å². The second kappa shape index (κ2) is 5.19. The van der Waals surface area contributed by atoms with Crippen molar-refractivity contribution in [2.24, 2.45) is 11.7 Å². The lowest BCUT2D eigenvalue weighted by Gasteiger charge is -2.21. The summed E-state index contributed by atoms with van der Waals surface area (Å²) in [6, 6.07) is 6.42. The molecule has 2 N–H and O–H groups in total. The Kier molecular flexibility index (Phi) is 3.87. The lowest BCUT2D eigenvalue weighted by Crippen LogP contribution is -2.21. The molecule has 88 valence electrons. The van der Waals surface area contributed by atoms with Crippen molar-refractivity contribution in [3.05, 3.63) is 28.2 Å². The molecule has 1 atom stereocenters. The fraction of sp³-hybridized carbons (Fsp3) is 0.538. The summed E-state index contributed by atoms with van der Waals surface area (Å²) in [6.07, 6.45) is 2.60. The lowest BCUT2D eigenvalue weighted by molar-refractivity contribution is 0.569. The van der Waals surface area contributed by atoms with E-state index < -0.39 is 0 Å². The summed E-state index contributed by atoms with van der Waals surface area (Å²) in [7, 11) is 0. The minimum atomic E-state index is 0.613. The molecule has 1 aromatic carbocycles. The molecule has 0 radical (unpaired) electrons. The van der Waals surface area contributed by atoms with Crippen molar-refractivity contribution in [1.82, 2.24) is 0 Å². The van der Waals surface area contributed by atoms with E-state index in [-0.39, 0.29) is 0 Å². The van der Waals surface area contributed by atoms with Crippen LogP contribution in [0.3, 0.4) is 0 Å². The van der Waals surface area contributed by atoms with Gasteiger partial charge in [-0.15, -0.1) is 0 Å². The molecule has 0 spiro atoms. The number of rotatable bonds is 3. The van der Waals surface area contributed by atoms with Gasteiger partial charge < -0.3 is 10.6 Å². The van der Waals surface area contributed by atoms with Gasteiger partial charge in [-0.1, -0.05) is 29.3 Å². The van der Waals surface area contributed by atoms with Crippen LogP contribution in [-0.4, -0.2) is 13.1 Å². The van der Waals surface area contributed by atoms with Gasteiger partial charge in [-0.25, -0.2) is 0 Å². The zero-order valence-electron chi connectivity index (χ0n) is 9.75. The average Bonchev–Trinajstić information content (AvgIpc) is 2.77. The van der Waals surface area contributed by atoms with Gasteiger partial charge in [0, 0.05) is 29.8 Å². The molecule has 1 aromatic rings. The molecule has 1 unspecified atom stereocenters. The minimum absolute atomic E-state index is 0.613. The number of halogens is 1. The Morgan fingerprint density at radius 2 is 2.31 bits per heavy atom. The molecule has 1 heterocycles. The van der Waals surface area contributed by atoms with Crippen LogP contribution in [0.1, 0.15) is 25.3 Å². The van der Waals surface area contributed by atoms with E-state index in [0.29, 0.717) is 6.54 Å². The largest absolute Gasteiger partial charge is 0.371 e. The van der Waals surface area contributed by atoms with Crippen molar-refractivity contribution in [1.29, 1.82) is 0 Å². The number of hydrogen-bond acceptors (Lipinski definition) is 2. The van der Waals surface area contributed by atoms with E-state index in [4.69, 9.17) is 5.73 Å². The zero-order chi connectivity index (χ0) is 11.5. The maximum Gasteiger partial charge on any atom is 0.0412 e. The Morgan fingerprint density at radius 3 is 2.94 bits per heavy atom. The molecule has 0 amide bonds. The van der Waals surface area contributed by atoms with E-state index in [9.17, 15) is 0 Å². The molecule has 3 heteroatoms. The van der Waals surface area contributed by atoms with Gasteiger partial charge in [0.15, 0.2) is 0 Å². The maximum atomic E-state index is 5.81. The highest BCUT2D eigenvalue weighted by Crippen LogP contribution is 2.30. The molecule has 1 aliphatic heterocycles. The molecule has 0 saturated carbocycles. The fourth-order valence-electron chi connectivity index (χ4n) is 2.41. The predicted molar refractivity (Wildman–Crippen MR) is 72.6 cm³/mol. The average molecular weight is 283 g/mol. The number of anilines is 1. The van der Waals surface area contributed by atoms with E-state index in [0.717, 1.165) is 10.4 Å². The van der Waals surface area contributed by atoms with Gasteiger partial charge in [0.05, 0.1) is 0 Å². The Balaban J connectivity index is 2.20. The van der Waals surface area contributed by atoms with Gasteiger partial charge in [-0.2, -0.15) is 0 Å². The molecule has 0 aromatic heterocycles. The zero-order valence-corrected chi connectivity index (χ0v) is 11.3. The highest BCUT2D eigenvalue weighted by molar-refractivity contribution is 9.10. The van der Waals surface area contributed by atoms with Crippen molar-refractivity contribution in [2.75, 3.05) is 18.0 Å². The van der Waals surface area contributed by atoms with Crippen LogP contribution in [-0.2, 0) is 6.54 Å². The standard InChI is InChI=1S/C13H19BrN2/c1-2-10-5-6-16(9-10)13-4-3-12(14)7-11(13)8-15/h3-4,7,10H,2,5-6,8-9,15H2,1H3. The van der Waals surface area contributed by atoms with E-state index in [2.05, 4.69) is 46.0 Å². The van der Waals surface area contributed by atoms with Gasteiger partial charge >= 0.3 is 0 Å². The van der Waals surface area contributed by atoms with Crippen LogP contribution in [0.15, 0.2) is 22.7 Å². The SMILES string of the molecule is CCC1CCN(c2ccc(Br)cc2CN)C1. The minimum Gasteiger partial charge on any atom is -0.371 e. The number of benzene rings is 1. The topological polar surface area (TPSA) is 29.3 Å². The van der Waals surface area contributed by atoms with Crippen LogP contribution in [0, 0.1) is 5.92 Å². The van der Waals surface area contributed by atoms with Gasteiger partial charge in [0.2, 0.25) is 0 Å². The van der Waals surface area contributed by atoms with Crippen molar-refractivity contribution in [2.45, 2.75) is 26.3 Å². The lowest BCUT2D eigenvalue weighted by atomic mass is 10.1. The third-order valence-electron chi connectivity index (χ3n) is 3.47. The molecule has 0 aliphatic carbocycles. The van der Waals surface area contributed by atoms with Crippen molar-refractivity contribution < 1.29 is 0 Å². The summed E-state index contributed by atoms with van der Waals surface area (Å²) in [5, 5.41) is 0. The quantitative estimate of drug-likeness (QED) is 0.923. The first kappa shape index (κ1) is 11.9. The van der Waals surface area contributed by atoms with E-state index in [1.807, 2.05) is 0 Å². The highest BCUT2D eigenvalue weighted by atomic mass is 79.9. The molecule has 0 bridgehead atoms. The molecule has 1 saturated heterocycles. The monoisotopic (exact) mass is 282 g/mol. The first-order chi connectivity index (χ1) is 7.74. The van der Waals surface area contributed by atoms with E-state index >= 15 is 0 Å². The fourth-order valence-corrected chi connectivity index (χ4v) is 2.82. The Morgan fingerprint density at radius 1 is 1.50 bits per heavy atom. The smallest absolute Gasteiger partial charge is 0.0412 e. The second-order valence-electron chi connectivity index (χ2n) is 4.49. The first-order valence-electron chi connectivity index (χ1n) is 5.98. The highest BCUT2D eigenvalue weighted by Gasteiger charge is 2.22. The number of hydrogen-bond donors (Lipinski definition) is 1. The van der Waals surface area contributed by atoms with Gasteiger partial charge in [-0.3, -0.25) is 0 Å². The molecule has 2 rings (SSSR count). The van der Waals surface area contributed by atoms with Crippen LogP contribution in [0.2, 0.25) is 0 Å². The second-order valence-corrected chi connectivity index (χ2v) is 5.40. The number of nitrogens with two attached hydrogens (primary N) is 1. The molecule has 2 nitrogen and oxygen atoms in total.